The summed E-state index contributed by atoms with van der Waals surface area (Å²) < 4.78 is 30.1. The van der Waals surface area contributed by atoms with Crippen molar-refractivity contribution in [2.24, 2.45) is 10.9 Å². The normalized spacial score (nSPS) is 19.9. The lowest BCUT2D eigenvalue weighted by atomic mass is 9.89. The minimum atomic E-state index is -3.32. The van der Waals surface area contributed by atoms with Gasteiger partial charge in [0.15, 0.2) is 15.5 Å². The first-order valence-corrected chi connectivity index (χ1v) is 12.4. The lowest BCUT2D eigenvalue weighted by Gasteiger charge is -2.23. The average Bonchev–Trinajstić information content (AvgIpc) is 3.47. The first-order chi connectivity index (χ1) is 15.3. The number of rotatable bonds is 10. The van der Waals surface area contributed by atoms with Gasteiger partial charge in [0, 0.05) is 12.5 Å². The molecule has 2 heterocycles. The molecule has 1 aliphatic heterocycles. The van der Waals surface area contributed by atoms with E-state index in [2.05, 4.69) is 15.2 Å². The molecule has 1 atom stereocenters. The van der Waals surface area contributed by atoms with E-state index in [4.69, 9.17) is 9.84 Å². The molecule has 1 N–H and O–H groups in total. The smallest absolute Gasteiger partial charge is 0.356 e. The predicted octanol–water partition coefficient (Wildman–Crippen LogP) is 3.23. The van der Waals surface area contributed by atoms with Crippen molar-refractivity contribution in [1.29, 1.82) is 0 Å². The van der Waals surface area contributed by atoms with Crippen LogP contribution in [0.5, 0.6) is 5.75 Å². The number of carboxylic acid groups (broad SMARTS) is 1. The van der Waals surface area contributed by atoms with Crippen LogP contribution in [0.25, 0.3) is 0 Å². The minimum absolute atomic E-state index is 0.120. The Kier molecular flexibility index (Phi) is 6.10. The van der Waals surface area contributed by atoms with E-state index in [1.807, 2.05) is 12.2 Å². The van der Waals surface area contributed by atoms with Crippen LogP contribution in [0.2, 0.25) is 0 Å². The summed E-state index contributed by atoms with van der Waals surface area (Å²) in [5.41, 5.74) is 0.586. The number of sulfone groups is 1. The Morgan fingerprint density at radius 1 is 1.22 bits per heavy atom. The van der Waals surface area contributed by atoms with E-state index >= 15 is 0 Å². The van der Waals surface area contributed by atoms with Crippen LogP contribution in [0.15, 0.2) is 52.4 Å². The standard InChI is InChI=1S/C23H25N3O5S/c1-32(29,30)18-7-9-20(31-15-16-5-6-16)17(14-18)4-2-11-23(12-3-13-24-23)21-10-8-19(22(27)28)25-26-21/h3,7-10,12-14,16H,2,4-6,11,15H2,1H3,(H,27,28). The second-order valence-electron chi connectivity index (χ2n) is 8.32. The molecule has 2 aliphatic rings. The molecule has 32 heavy (non-hydrogen) atoms. The Bertz CT molecular complexity index is 1160. The topological polar surface area (TPSA) is 119 Å². The highest BCUT2D eigenvalue weighted by Gasteiger charge is 2.32. The number of nitrogens with zero attached hydrogens (tertiary/aromatic N) is 3. The number of aryl methyl sites for hydroxylation is 1. The van der Waals surface area contributed by atoms with Crippen molar-refractivity contribution in [3.05, 3.63) is 59.4 Å². The molecule has 0 bridgehead atoms. The third kappa shape index (κ3) is 5.04. The molecule has 168 valence electrons. The molecule has 1 aliphatic carbocycles. The van der Waals surface area contributed by atoms with E-state index in [1.54, 1.807) is 30.5 Å². The number of ether oxygens (including phenoxy) is 1. The number of carboxylic acids is 1. The van der Waals surface area contributed by atoms with E-state index in [1.165, 1.54) is 25.2 Å². The molecule has 1 fully saturated rings. The maximum absolute atomic E-state index is 12.0. The van der Waals surface area contributed by atoms with E-state index in [-0.39, 0.29) is 10.6 Å². The fourth-order valence-electron chi connectivity index (χ4n) is 3.69. The largest absolute Gasteiger partial charge is 0.493 e. The summed E-state index contributed by atoms with van der Waals surface area (Å²) in [7, 11) is -3.32. The summed E-state index contributed by atoms with van der Waals surface area (Å²) in [5.74, 6) is 0.175. The Morgan fingerprint density at radius 3 is 2.62 bits per heavy atom. The van der Waals surface area contributed by atoms with Gasteiger partial charge in [-0.1, -0.05) is 0 Å². The molecule has 4 rings (SSSR count). The van der Waals surface area contributed by atoms with Crippen LogP contribution in [0.1, 0.15) is 47.4 Å². The van der Waals surface area contributed by atoms with Crippen LogP contribution in [0, 0.1) is 5.92 Å². The van der Waals surface area contributed by atoms with Gasteiger partial charge in [0.25, 0.3) is 0 Å². The van der Waals surface area contributed by atoms with Crippen molar-refractivity contribution in [2.45, 2.75) is 42.5 Å². The molecule has 1 aromatic carbocycles. The van der Waals surface area contributed by atoms with Crippen LogP contribution in [-0.4, -0.2) is 48.8 Å². The zero-order valence-corrected chi connectivity index (χ0v) is 18.6. The van der Waals surface area contributed by atoms with Gasteiger partial charge in [-0.05, 0) is 86.1 Å². The lowest BCUT2D eigenvalue weighted by molar-refractivity contribution is 0.0689. The summed E-state index contributed by atoms with van der Waals surface area (Å²) >= 11 is 0. The molecule has 2 aromatic rings. The third-order valence-corrected chi connectivity index (χ3v) is 6.84. The Morgan fingerprint density at radius 2 is 2.03 bits per heavy atom. The zero-order valence-electron chi connectivity index (χ0n) is 17.8. The zero-order chi connectivity index (χ0) is 22.8. The monoisotopic (exact) mass is 455 g/mol. The maximum Gasteiger partial charge on any atom is 0.356 e. The Labute approximate surface area is 187 Å². The third-order valence-electron chi connectivity index (χ3n) is 5.73. The Balaban J connectivity index is 1.51. The second kappa shape index (κ2) is 8.82. The number of benzene rings is 1. The molecule has 9 heteroatoms. The van der Waals surface area contributed by atoms with Gasteiger partial charge in [-0.15, -0.1) is 5.10 Å². The number of aromatic nitrogens is 2. The first kappa shape index (κ1) is 22.1. The average molecular weight is 456 g/mol. The van der Waals surface area contributed by atoms with Gasteiger partial charge >= 0.3 is 5.97 Å². The van der Waals surface area contributed by atoms with Gasteiger partial charge in [-0.25, -0.2) is 13.2 Å². The van der Waals surface area contributed by atoms with Crippen LogP contribution in [0.4, 0.5) is 0 Å². The van der Waals surface area contributed by atoms with E-state index in [0.29, 0.717) is 37.5 Å². The highest BCUT2D eigenvalue weighted by atomic mass is 32.2. The van der Waals surface area contributed by atoms with E-state index < -0.39 is 21.3 Å². The molecule has 0 saturated heterocycles. The van der Waals surface area contributed by atoms with Gasteiger partial charge in [-0.3, -0.25) is 4.99 Å². The van der Waals surface area contributed by atoms with Crippen LogP contribution in [-0.2, 0) is 21.8 Å². The fourth-order valence-corrected chi connectivity index (χ4v) is 4.36. The minimum Gasteiger partial charge on any atom is -0.493 e. The SMILES string of the molecule is CS(=O)(=O)c1ccc(OCC2CC2)c(CCCC2(c3ccc(C(=O)O)nn3)C=CC=N2)c1. The molecule has 0 amide bonds. The summed E-state index contributed by atoms with van der Waals surface area (Å²) in [6.07, 6.45) is 10.9. The van der Waals surface area contributed by atoms with Crippen molar-refractivity contribution in [3.8, 4) is 5.75 Å². The van der Waals surface area contributed by atoms with Crippen molar-refractivity contribution in [3.63, 3.8) is 0 Å². The molecule has 1 saturated carbocycles. The molecular formula is C23H25N3O5S. The number of aliphatic imine (C=N–C) groups is 1. The summed E-state index contributed by atoms with van der Waals surface area (Å²) in [5, 5.41) is 16.9. The van der Waals surface area contributed by atoms with Crippen LogP contribution in [0.3, 0.4) is 0 Å². The summed E-state index contributed by atoms with van der Waals surface area (Å²) in [6.45, 7) is 0.647. The van der Waals surface area contributed by atoms with Gasteiger partial charge in [0.05, 0.1) is 17.2 Å². The van der Waals surface area contributed by atoms with E-state index in [0.717, 1.165) is 11.3 Å². The summed E-state index contributed by atoms with van der Waals surface area (Å²) in [4.78, 5) is 15.9. The number of carbonyl (C=O) groups is 1. The highest BCUT2D eigenvalue weighted by molar-refractivity contribution is 7.90. The number of allylic oxidation sites excluding steroid dienone is 1. The molecule has 1 unspecified atom stereocenters. The number of hydrogen-bond acceptors (Lipinski definition) is 7. The predicted molar refractivity (Wildman–Crippen MR) is 119 cm³/mol. The highest BCUT2D eigenvalue weighted by Crippen LogP contribution is 2.36. The quantitative estimate of drug-likeness (QED) is 0.584. The maximum atomic E-state index is 12.0. The van der Waals surface area contributed by atoms with Crippen molar-refractivity contribution in [2.75, 3.05) is 12.9 Å². The van der Waals surface area contributed by atoms with E-state index in [9.17, 15) is 13.2 Å². The van der Waals surface area contributed by atoms with Crippen molar-refractivity contribution < 1.29 is 23.1 Å². The first-order valence-electron chi connectivity index (χ1n) is 10.5. The van der Waals surface area contributed by atoms with Gasteiger partial charge < -0.3 is 9.84 Å². The van der Waals surface area contributed by atoms with Crippen LogP contribution >= 0.6 is 0 Å². The fraction of sp³-hybridized carbons (Fsp3) is 0.391. The Hall–Kier alpha value is -3.07. The van der Waals surface area contributed by atoms with Crippen molar-refractivity contribution in [1.82, 2.24) is 10.2 Å². The number of aromatic carboxylic acids is 1. The number of hydrogen-bond donors (Lipinski definition) is 1. The molecule has 8 nitrogen and oxygen atoms in total. The van der Waals surface area contributed by atoms with Gasteiger partial charge in [-0.2, -0.15) is 5.10 Å². The lowest BCUT2D eigenvalue weighted by Crippen LogP contribution is -2.22. The molecule has 0 radical (unpaired) electrons. The molecule has 1 aromatic heterocycles. The summed E-state index contributed by atoms with van der Waals surface area (Å²) in [6, 6.07) is 8.09. The molecule has 0 spiro atoms. The second-order valence-corrected chi connectivity index (χ2v) is 10.3. The van der Waals surface area contributed by atoms with Gasteiger partial charge in [0.1, 0.15) is 11.3 Å². The molecular weight excluding hydrogens is 430 g/mol. The van der Waals surface area contributed by atoms with Gasteiger partial charge in [0.2, 0.25) is 0 Å². The van der Waals surface area contributed by atoms with Crippen molar-refractivity contribution >= 4 is 22.0 Å². The van der Waals surface area contributed by atoms with Crippen LogP contribution < -0.4 is 4.74 Å².